The van der Waals surface area contributed by atoms with Crippen LogP contribution in [0.2, 0.25) is 0 Å². The van der Waals surface area contributed by atoms with E-state index in [2.05, 4.69) is 20.0 Å². The van der Waals surface area contributed by atoms with E-state index < -0.39 is 18.1 Å². The van der Waals surface area contributed by atoms with Gasteiger partial charge in [-0.05, 0) is 30.7 Å². The number of aromatic amines is 1. The fourth-order valence-corrected chi connectivity index (χ4v) is 2.49. The topological polar surface area (TPSA) is 88.0 Å². The summed E-state index contributed by atoms with van der Waals surface area (Å²) in [6, 6.07) is 11.0. The van der Waals surface area contributed by atoms with Gasteiger partial charge in [0.1, 0.15) is 0 Å². The van der Waals surface area contributed by atoms with E-state index in [0.717, 1.165) is 11.1 Å². The van der Waals surface area contributed by atoms with Gasteiger partial charge in [0, 0.05) is 23.2 Å². The molecule has 0 radical (unpaired) electrons. The zero-order valence-electron chi connectivity index (χ0n) is 13.8. The molecule has 0 saturated carbocycles. The molecule has 0 aliphatic heterocycles. The van der Waals surface area contributed by atoms with Crippen LogP contribution in [-0.2, 0) is 6.42 Å². The zero-order valence-corrected chi connectivity index (χ0v) is 13.8. The molecule has 0 atom stereocenters. The van der Waals surface area contributed by atoms with E-state index in [9.17, 15) is 18.4 Å². The van der Waals surface area contributed by atoms with E-state index in [4.69, 9.17) is 0 Å². The second kappa shape index (κ2) is 7.30. The molecule has 3 rings (SSSR count). The van der Waals surface area contributed by atoms with Gasteiger partial charge in [0.25, 0.3) is 12.3 Å². The number of alkyl halides is 2. The van der Waals surface area contributed by atoms with E-state index in [0.29, 0.717) is 17.9 Å². The maximum Gasteiger partial charge on any atom is 0.438 e. The minimum absolute atomic E-state index is 0.0516. The molecule has 0 bridgehead atoms. The van der Waals surface area contributed by atoms with E-state index in [1.807, 2.05) is 0 Å². The lowest BCUT2D eigenvalue weighted by atomic mass is 10.0. The molecule has 1 heterocycles. The molecule has 0 fully saturated rings. The molecule has 26 heavy (non-hydrogen) atoms. The smallest absolute Gasteiger partial charge is 0.322 e. The van der Waals surface area contributed by atoms with E-state index in [-0.39, 0.29) is 11.1 Å². The van der Waals surface area contributed by atoms with Gasteiger partial charge in [-0.25, -0.2) is 13.6 Å². The van der Waals surface area contributed by atoms with Crippen LogP contribution in [0.4, 0.5) is 14.5 Å². The monoisotopic (exact) mass is 359 g/mol. The molecule has 1 aromatic heterocycles. The number of aryl methyl sites for hydroxylation is 1. The van der Waals surface area contributed by atoms with Crippen LogP contribution in [0.5, 0.6) is 0 Å². The van der Waals surface area contributed by atoms with E-state index in [1.54, 1.807) is 37.3 Å². The molecule has 0 spiro atoms. The number of rotatable bonds is 5. The molecule has 2 aromatic carbocycles. The van der Waals surface area contributed by atoms with Crippen LogP contribution in [0.3, 0.4) is 0 Å². The largest absolute Gasteiger partial charge is 0.438 e. The molecular weight excluding hydrogens is 344 g/mol. The minimum atomic E-state index is -2.73. The Bertz CT molecular complexity index is 978. The molecule has 0 aliphatic rings. The summed E-state index contributed by atoms with van der Waals surface area (Å²) in [5.41, 5.74) is 1.66. The third-order valence-corrected chi connectivity index (χ3v) is 3.76. The fraction of sp³-hybridized carbons (Fsp3) is 0.167. The number of halogens is 2. The Morgan fingerprint density at radius 2 is 1.96 bits per heavy atom. The van der Waals surface area contributed by atoms with Crippen molar-refractivity contribution in [3.63, 3.8) is 0 Å². The number of hydrogen-bond donors (Lipinski definition) is 2. The number of anilines is 1. The first-order chi connectivity index (χ1) is 12.4. The first-order valence-corrected chi connectivity index (χ1v) is 7.76. The standard InChI is InChI=1S/C18H15F2N3O3/c1-10-2-7-13(16(19)20)14(8-10)17(24)21-12-5-3-11(4-6-12)9-15-22-18(25)26-23-15/h2-8,16H,9H2,1H3,(H,21,24)(H,22,23,25). The van der Waals surface area contributed by atoms with E-state index in [1.165, 1.54) is 12.1 Å². The Morgan fingerprint density at radius 1 is 1.23 bits per heavy atom. The normalized spacial score (nSPS) is 10.9. The molecule has 0 aliphatic carbocycles. The van der Waals surface area contributed by atoms with Gasteiger partial charge in [-0.3, -0.25) is 14.3 Å². The second-order valence-electron chi connectivity index (χ2n) is 5.76. The highest BCUT2D eigenvalue weighted by Crippen LogP contribution is 2.25. The van der Waals surface area contributed by atoms with Gasteiger partial charge >= 0.3 is 5.76 Å². The van der Waals surface area contributed by atoms with E-state index >= 15 is 0 Å². The van der Waals surface area contributed by atoms with Gasteiger partial charge in [-0.2, -0.15) is 0 Å². The fourth-order valence-electron chi connectivity index (χ4n) is 2.49. The van der Waals surface area contributed by atoms with Crippen molar-refractivity contribution < 1.29 is 18.1 Å². The van der Waals surface area contributed by atoms with Crippen molar-refractivity contribution >= 4 is 11.6 Å². The summed E-state index contributed by atoms with van der Waals surface area (Å²) < 4.78 is 30.6. The van der Waals surface area contributed by atoms with Crippen LogP contribution < -0.4 is 11.1 Å². The van der Waals surface area contributed by atoms with Gasteiger partial charge in [0.2, 0.25) is 0 Å². The lowest BCUT2D eigenvalue weighted by Gasteiger charge is -2.11. The Balaban J connectivity index is 1.74. The van der Waals surface area contributed by atoms with Crippen LogP contribution in [0, 0.1) is 6.92 Å². The number of H-pyrrole nitrogens is 1. The Morgan fingerprint density at radius 3 is 2.58 bits per heavy atom. The summed E-state index contributed by atoms with van der Waals surface area (Å²) in [6.45, 7) is 1.73. The van der Waals surface area contributed by atoms with Crippen molar-refractivity contribution in [1.82, 2.24) is 10.1 Å². The summed E-state index contributed by atoms with van der Waals surface area (Å²) in [6.07, 6.45) is -2.38. The predicted octanol–water partition coefficient (Wildman–Crippen LogP) is 3.45. The molecule has 134 valence electrons. The average molecular weight is 359 g/mol. The third-order valence-electron chi connectivity index (χ3n) is 3.76. The summed E-state index contributed by atoms with van der Waals surface area (Å²) in [5, 5.41) is 6.18. The highest BCUT2D eigenvalue weighted by Gasteiger charge is 2.18. The average Bonchev–Trinajstić information content (AvgIpc) is 3.01. The lowest BCUT2D eigenvalue weighted by molar-refractivity contribution is 0.101. The Kier molecular flexibility index (Phi) is 4.92. The van der Waals surface area contributed by atoms with Crippen molar-refractivity contribution in [2.75, 3.05) is 5.32 Å². The summed E-state index contributed by atoms with van der Waals surface area (Å²) in [4.78, 5) is 25.7. The molecule has 1 amide bonds. The van der Waals surface area contributed by atoms with Crippen LogP contribution in [0.15, 0.2) is 51.8 Å². The molecule has 6 nitrogen and oxygen atoms in total. The van der Waals surface area contributed by atoms with Gasteiger partial charge < -0.3 is 5.32 Å². The number of amides is 1. The number of hydrogen-bond acceptors (Lipinski definition) is 4. The van der Waals surface area contributed by atoms with Gasteiger partial charge in [-0.1, -0.05) is 35.0 Å². The third kappa shape index (κ3) is 4.02. The number of carbonyl (C=O) groups excluding carboxylic acids is 1. The van der Waals surface area contributed by atoms with Crippen molar-refractivity contribution in [1.29, 1.82) is 0 Å². The molecule has 3 aromatic rings. The highest BCUT2D eigenvalue weighted by molar-refractivity contribution is 6.05. The maximum absolute atomic E-state index is 13.1. The van der Waals surface area contributed by atoms with Crippen LogP contribution in [-0.4, -0.2) is 16.0 Å². The van der Waals surface area contributed by atoms with Crippen LogP contribution in [0.25, 0.3) is 0 Å². The first-order valence-electron chi connectivity index (χ1n) is 7.76. The summed E-state index contributed by atoms with van der Waals surface area (Å²) in [5.74, 6) is -0.845. The zero-order chi connectivity index (χ0) is 18.7. The van der Waals surface area contributed by atoms with Crippen molar-refractivity contribution in [3.05, 3.63) is 81.1 Å². The molecule has 2 N–H and O–H groups in total. The van der Waals surface area contributed by atoms with Gasteiger partial charge in [0.05, 0.1) is 0 Å². The number of carbonyl (C=O) groups is 1. The number of nitrogens with one attached hydrogen (secondary N) is 2. The molecule has 8 heteroatoms. The minimum Gasteiger partial charge on any atom is -0.322 e. The molecule has 0 unspecified atom stereocenters. The van der Waals surface area contributed by atoms with Gasteiger partial charge in [0.15, 0.2) is 5.82 Å². The quantitative estimate of drug-likeness (QED) is 0.730. The highest BCUT2D eigenvalue weighted by atomic mass is 19.3. The number of benzene rings is 2. The van der Waals surface area contributed by atoms with Crippen LogP contribution >= 0.6 is 0 Å². The summed E-state index contributed by atoms with van der Waals surface area (Å²) in [7, 11) is 0. The Hall–Kier alpha value is -3.29. The molecular formula is C18H15F2N3O3. The predicted molar refractivity (Wildman–Crippen MR) is 90.5 cm³/mol. The van der Waals surface area contributed by atoms with Crippen molar-refractivity contribution in [2.45, 2.75) is 19.8 Å². The van der Waals surface area contributed by atoms with Gasteiger partial charge in [-0.15, -0.1) is 0 Å². The first kappa shape index (κ1) is 17.5. The second-order valence-corrected chi connectivity index (χ2v) is 5.76. The number of aromatic nitrogens is 2. The van der Waals surface area contributed by atoms with Crippen molar-refractivity contribution in [3.8, 4) is 0 Å². The van der Waals surface area contributed by atoms with Crippen molar-refractivity contribution in [2.24, 2.45) is 0 Å². The number of nitrogens with zero attached hydrogens (tertiary/aromatic N) is 1. The SMILES string of the molecule is Cc1ccc(C(F)F)c(C(=O)Nc2ccc(Cc3noc(=O)[nH]3)cc2)c1. The molecule has 0 saturated heterocycles. The summed E-state index contributed by atoms with van der Waals surface area (Å²) >= 11 is 0. The lowest BCUT2D eigenvalue weighted by Crippen LogP contribution is -2.14. The Labute approximate surface area is 146 Å². The maximum atomic E-state index is 13.1. The van der Waals surface area contributed by atoms with Crippen LogP contribution in [0.1, 0.15) is 39.3 Å².